The molecule has 1 fully saturated rings. The highest BCUT2D eigenvalue weighted by Gasteiger charge is 2.31. The average molecular weight is 402 g/mol. The smallest absolute Gasteiger partial charge is 0.329 e. The summed E-state index contributed by atoms with van der Waals surface area (Å²) in [6.07, 6.45) is 8.97. The summed E-state index contributed by atoms with van der Waals surface area (Å²) in [6.45, 7) is 3.69. The zero-order valence-electron chi connectivity index (χ0n) is 17.1. The highest BCUT2D eigenvalue weighted by molar-refractivity contribution is 5.94. The first-order valence-electron chi connectivity index (χ1n) is 10.8. The van der Waals surface area contributed by atoms with E-state index in [4.69, 9.17) is 4.42 Å². The van der Waals surface area contributed by atoms with Crippen molar-refractivity contribution in [2.75, 3.05) is 31.1 Å². The lowest BCUT2D eigenvalue weighted by Crippen LogP contribution is -2.51. The normalized spacial score (nSPS) is 18.5. The standard InChI is InChI=1S/C25H27N3O2/c29-25-27(21-7-2-1-3-8-21)14-6-15-28(25)22-12-17-26(18-13-22)16-11-20-19-30-24-10-5-4-9-23(20)24/h1-10,15,19,22H,11-14,16-18H2. The van der Waals surface area contributed by atoms with Crippen molar-refractivity contribution in [1.82, 2.24) is 9.80 Å². The van der Waals surface area contributed by atoms with E-state index in [1.165, 1.54) is 10.9 Å². The highest BCUT2D eigenvalue weighted by Crippen LogP contribution is 2.25. The molecular weight excluding hydrogens is 374 g/mol. The summed E-state index contributed by atoms with van der Waals surface area (Å²) in [7, 11) is 0. The van der Waals surface area contributed by atoms with Crippen LogP contribution in [0.4, 0.5) is 10.5 Å². The Morgan fingerprint density at radius 1 is 0.967 bits per heavy atom. The number of rotatable bonds is 5. The van der Waals surface area contributed by atoms with Gasteiger partial charge in [-0.25, -0.2) is 4.79 Å². The van der Waals surface area contributed by atoms with Crippen molar-refractivity contribution in [2.45, 2.75) is 25.3 Å². The second kappa shape index (κ2) is 8.36. The van der Waals surface area contributed by atoms with E-state index in [9.17, 15) is 4.79 Å². The van der Waals surface area contributed by atoms with Crippen molar-refractivity contribution < 1.29 is 9.21 Å². The number of carbonyl (C=O) groups excluding carboxylic acids is 1. The van der Waals surface area contributed by atoms with Crippen LogP contribution in [-0.4, -0.2) is 48.1 Å². The number of amides is 2. The predicted octanol–water partition coefficient (Wildman–Crippen LogP) is 4.90. The summed E-state index contributed by atoms with van der Waals surface area (Å²) in [5, 5.41) is 1.22. The first-order valence-corrected chi connectivity index (χ1v) is 10.8. The van der Waals surface area contributed by atoms with Gasteiger partial charge in [-0.2, -0.15) is 0 Å². The van der Waals surface area contributed by atoms with Crippen molar-refractivity contribution in [3.8, 4) is 0 Å². The van der Waals surface area contributed by atoms with Crippen LogP contribution < -0.4 is 4.90 Å². The van der Waals surface area contributed by atoms with E-state index in [2.05, 4.69) is 23.1 Å². The number of piperidine rings is 1. The molecule has 0 radical (unpaired) electrons. The molecule has 3 heterocycles. The molecule has 2 aliphatic heterocycles. The minimum absolute atomic E-state index is 0.0898. The molecule has 154 valence electrons. The second-order valence-corrected chi connectivity index (χ2v) is 8.10. The van der Waals surface area contributed by atoms with Crippen LogP contribution in [0.15, 0.2) is 77.6 Å². The molecule has 2 aliphatic rings. The van der Waals surface area contributed by atoms with Crippen LogP contribution in [0.2, 0.25) is 0 Å². The maximum absolute atomic E-state index is 13.1. The molecule has 2 aromatic carbocycles. The molecule has 5 nitrogen and oxygen atoms in total. The van der Waals surface area contributed by atoms with Crippen molar-refractivity contribution in [3.05, 3.63) is 78.7 Å². The minimum Gasteiger partial charge on any atom is -0.464 e. The maximum atomic E-state index is 13.1. The van der Waals surface area contributed by atoms with Gasteiger partial charge in [0.05, 0.1) is 6.26 Å². The van der Waals surface area contributed by atoms with Gasteiger partial charge in [0, 0.05) is 49.5 Å². The first-order chi connectivity index (χ1) is 14.8. The summed E-state index contributed by atoms with van der Waals surface area (Å²) in [6, 6.07) is 18.5. The Balaban J connectivity index is 1.17. The van der Waals surface area contributed by atoms with E-state index < -0.39 is 0 Å². The maximum Gasteiger partial charge on any atom is 0.329 e. The molecule has 0 unspecified atom stereocenters. The third kappa shape index (κ3) is 3.73. The summed E-state index contributed by atoms with van der Waals surface area (Å²) >= 11 is 0. The lowest BCUT2D eigenvalue weighted by Gasteiger charge is -2.40. The third-order valence-corrected chi connectivity index (χ3v) is 6.28. The summed E-state index contributed by atoms with van der Waals surface area (Å²) in [5.41, 5.74) is 3.20. The van der Waals surface area contributed by atoms with Gasteiger partial charge < -0.3 is 9.32 Å². The number of para-hydroxylation sites is 2. The molecule has 5 rings (SSSR count). The second-order valence-electron chi connectivity index (χ2n) is 8.10. The van der Waals surface area contributed by atoms with E-state index in [0.29, 0.717) is 6.54 Å². The average Bonchev–Trinajstić information content (AvgIpc) is 3.22. The number of likely N-dealkylation sites (tertiary alicyclic amines) is 1. The zero-order chi connectivity index (χ0) is 20.3. The number of hydrogen-bond acceptors (Lipinski definition) is 3. The van der Waals surface area contributed by atoms with E-state index in [-0.39, 0.29) is 12.1 Å². The molecule has 1 saturated heterocycles. The molecular formula is C25H27N3O2. The van der Waals surface area contributed by atoms with Gasteiger partial charge in [-0.05, 0) is 49.1 Å². The van der Waals surface area contributed by atoms with E-state index in [1.807, 2.05) is 64.7 Å². The number of furan rings is 1. The Morgan fingerprint density at radius 2 is 1.73 bits per heavy atom. The molecule has 0 N–H and O–H groups in total. The fraction of sp³-hybridized carbons (Fsp3) is 0.320. The molecule has 0 saturated carbocycles. The van der Waals surface area contributed by atoms with Crippen molar-refractivity contribution in [3.63, 3.8) is 0 Å². The van der Waals surface area contributed by atoms with Crippen molar-refractivity contribution in [2.24, 2.45) is 0 Å². The SMILES string of the molecule is O=C1N(c2ccccc2)CC=CN1C1CCN(CCc2coc3ccccc23)CC1. The zero-order valence-corrected chi connectivity index (χ0v) is 17.1. The van der Waals surface area contributed by atoms with Crippen LogP contribution in [0.25, 0.3) is 11.0 Å². The number of benzene rings is 2. The van der Waals surface area contributed by atoms with Crippen LogP contribution in [0.1, 0.15) is 18.4 Å². The van der Waals surface area contributed by atoms with Crippen LogP contribution in [0.5, 0.6) is 0 Å². The molecule has 2 amide bonds. The number of carbonyl (C=O) groups is 1. The number of nitrogens with zero attached hydrogens (tertiary/aromatic N) is 3. The van der Waals surface area contributed by atoms with Crippen molar-refractivity contribution >= 4 is 22.7 Å². The van der Waals surface area contributed by atoms with Gasteiger partial charge in [-0.3, -0.25) is 9.80 Å². The Bertz CT molecular complexity index is 1030. The Hall–Kier alpha value is -3.05. The topological polar surface area (TPSA) is 39.9 Å². The van der Waals surface area contributed by atoms with Gasteiger partial charge in [-0.1, -0.05) is 36.4 Å². The van der Waals surface area contributed by atoms with Crippen LogP contribution in [0, 0.1) is 0 Å². The van der Waals surface area contributed by atoms with Crippen LogP contribution in [0.3, 0.4) is 0 Å². The van der Waals surface area contributed by atoms with Gasteiger partial charge in [0.15, 0.2) is 0 Å². The highest BCUT2D eigenvalue weighted by atomic mass is 16.3. The Labute approximate surface area is 177 Å². The van der Waals surface area contributed by atoms with E-state index >= 15 is 0 Å². The Kier molecular flexibility index (Phi) is 5.28. The summed E-state index contributed by atoms with van der Waals surface area (Å²) < 4.78 is 5.67. The monoisotopic (exact) mass is 401 g/mol. The van der Waals surface area contributed by atoms with E-state index in [1.54, 1.807) is 0 Å². The summed E-state index contributed by atoms with van der Waals surface area (Å²) in [5.74, 6) is 0. The van der Waals surface area contributed by atoms with Gasteiger partial charge >= 0.3 is 6.03 Å². The Morgan fingerprint density at radius 3 is 2.57 bits per heavy atom. The fourth-order valence-corrected chi connectivity index (χ4v) is 4.58. The molecule has 3 aromatic rings. The van der Waals surface area contributed by atoms with Gasteiger partial charge in [-0.15, -0.1) is 0 Å². The molecule has 0 spiro atoms. The molecule has 0 bridgehead atoms. The number of urea groups is 1. The largest absolute Gasteiger partial charge is 0.464 e. The lowest BCUT2D eigenvalue weighted by atomic mass is 10.0. The number of anilines is 1. The van der Waals surface area contributed by atoms with Crippen LogP contribution >= 0.6 is 0 Å². The summed E-state index contributed by atoms with van der Waals surface area (Å²) in [4.78, 5) is 19.4. The lowest BCUT2D eigenvalue weighted by molar-refractivity contribution is 0.147. The third-order valence-electron chi connectivity index (χ3n) is 6.28. The van der Waals surface area contributed by atoms with Crippen molar-refractivity contribution in [1.29, 1.82) is 0 Å². The molecule has 1 aromatic heterocycles. The van der Waals surface area contributed by atoms with E-state index in [0.717, 1.165) is 50.2 Å². The predicted molar refractivity (Wildman–Crippen MR) is 120 cm³/mol. The molecule has 30 heavy (non-hydrogen) atoms. The minimum atomic E-state index is 0.0898. The van der Waals surface area contributed by atoms with Gasteiger partial charge in [0.25, 0.3) is 0 Å². The quantitative estimate of drug-likeness (QED) is 0.611. The molecule has 0 aliphatic carbocycles. The first kappa shape index (κ1) is 18.9. The van der Waals surface area contributed by atoms with Gasteiger partial charge in [0.1, 0.15) is 5.58 Å². The van der Waals surface area contributed by atoms with Crippen LogP contribution in [-0.2, 0) is 6.42 Å². The fourth-order valence-electron chi connectivity index (χ4n) is 4.58. The molecule has 5 heteroatoms. The van der Waals surface area contributed by atoms with Gasteiger partial charge in [0.2, 0.25) is 0 Å². The number of hydrogen-bond donors (Lipinski definition) is 0. The number of fused-ring (bicyclic) bond motifs is 1. The molecule has 0 atom stereocenters.